The molecule has 1 saturated carbocycles. The number of hydrogen-bond donors (Lipinski definition) is 1. The maximum atomic E-state index is 5.95. The first-order valence-corrected chi connectivity index (χ1v) is 5.62. The Morgan fingerprint density at radius 3 is 2.54 bits per heavy atom. The lowest BCUT2D eigenvalue weighted by Crippen LogP contribution is -2.44. The van der Waals surface area contributed by atoms with Gasteiger partial charge in [0, 0.05) is 17.6 Å². The Labute approximate surface area is 81.5 Å². The van der Waals surface area contributed by atoms with Gasteiger partial charge < -0.3 is 5.73 Å². The summed E-state index contributed by atoms with van der Waals surface area (Å²) in [5.74, 6) is 0. The molecule has 76 valence electrons. The second-order valence-corrected chi connectivity index (χ2v) is 5.34. The highest BCUT2D eigenvalue weighted by atomic mass is 15.2. The van der Waals surface area contributed by atoms with Crippen LogP contribution in [0.15, 0.2) is 0 Å². The molecule has 2 N–H and O–H groups in total. The predicted octanol–water partition coefficient (Wildman–Crippen LogP) is 1.74. The third-order valence-corrected chi connectivity index (χ3v) is 3.85. The zero-order valence-electron chi connectivity index (χ0n) is 8.92. The van der Waals surface area contributed by atoms with E-state index in [0.717, 1.165) is 6.04 Å². The van der Waals surface area contributed by atoms with Crippen molar-refractivity contribution < 1.29 is 0 Å². The van der Waals surface area contributed by atoms with Gasteiger partial charge in [-0.1, -0.05) is 0 Å². The highest BCUT2D eigenvalue weighted by molar-refractivity contribution is 4.95. The van der Waals surface area contributed by atoms with Gasteiger partial charge in [-0.25, -0.2) is 0 Å². The number of likely N-dealkylation sites (tertiary alicyclic amines) is 1. The van der Waals surface area contributed by atoms with Crippen molar-refractivity contribution in [3.63, 3.8) is 0 Å². The van der Waals surface area contributed by atoms with E-state index in [1.165, 1.54) is 38.6 Å². The van der Waals surface area contributed by atoms with Gasteiger partial charge in [-0.15, -0.1) is 0 Å². The number of nitrogens with zero attached hydrogens (tertiary/aromatic N) is 1. The molecule has 0 spiro atoms. The quantitative estimate of drug-likeness (QED) is 0.669. The number of rotatable bonds is 1. The first kappa shape index (κ1) is 9.47. The van der Waals surface area contributed by atoms with E-state index < -0.39 is 0 Å². The van der Waals surface area contributed by atoms with Crippen molar-refractivity contribution in [1.82, 2.24) is 4.90 Å². The Kier molecular flexibility index (Phi) is 2.37. The third kappa shape index (κ3) is 1.75. The molecule has 1 heterocycles. The summed E-state index contributed by atoms with van der Waals surface area (Å²) in [6.45, 7) is 6.05. The molecular weight excluding hydrogens is 160 g/mol. The van der Waals surface area contributed by atoms with Crippen LogP contribution in [-0.4, -0.2) is 29.1 Å². The molecule has 2 unspecified atom stereocenters. The SMILES string of the molecule is CC1(C)CCCN1C1CCC(N)C1. The topological polar surface area (TPSA) is 29.3 Å². The standard InChI is InChI=1S/C11H22N2/c1-11(2)6-3-7-13(11)10-5-4-9(12)8-10/h9-10H,3-8,12H2,1-2H3. The van der Waals surface area contributed by atoms with Gasteiger partial charge in [0.15, 0.2) is 0 Å². The Morgan fingerprint density at radius 2 is 2.08 bits per heavy atom. The molecule has 0 aromatic rings. The fourth-order valence-electron chi connectivity index (χ4n) is 3.08. The molecule has 1 saturated heterocycles. The summed E-state index contributed by atoms with van der Waals surface area (Å²) >= 11 is 0. The molecule has 1 aliphatic carbocycles. The van der Waals surface area contributed by atoms with Crippen LogP contribution >= 0.6 is 0 Å². The summed E-state index contributed by atoms with van der Waals surface area (Å²) in [4.78, 5) is 2.69. The minimum absolute atomic E-state index is 0.439. The van der Waals surface area contributed by atoms with Crippen LogP contribution in [0.4, 0.5) is 0 Å². The summed E-state index contributed by atoms with van der Waals surface area (Å²) in [6, 6.07) is 1.26. The van der Waals surface area contributed by atoms with Crippen molar-refractivity contribution in [1.29, 1.82) is 0 Å². The lowest BCUT2D eigenvalue weighted by molar-refractivity contribution is 0.117. The fourth-order valence-corrected chi connectivity index (χ4v) is 3.08. The summed E-state index contributed by atoms with van der Waals surface area (Å²) < 4.78 is 0. The average molecular weight is 182 g/mol. The second kappa shape index (κ2) is 3.25. The van der Waals surface area contributed by atoms with Crippen LogP contribution in [0.2, 0.25) is 0 Å². The van der Waals surface area contributed by atoms with Crippen LogP contribution in [0.1, 0.15) is 46.0 Å². The van der Waals surface area contributed by atoms with Gasteiger partial charge in [0.25, 0.3) is 0 Å². The molecule has 2 aliphatic rings. The summed E-state index contributed by atoms with van der Waals surface area (Å²) in [5.41, 5.74) is 6.39. The first-order valence-electron chi connectivity index (χ1n) is 5.62. The molecule has 2 fully saturated rings. The van der Waals surface area contributed by atoms with Crippen molar-refractivity contribution in [3.8, 4) is 0 Å². The largest absolute Gasteiger partial charge is 0.328 e. The van der Waals surface area contributed by atoms with E-state index >= 15 is 0 Å². The maximum absolute atomic E-state index is 5.95. The lowest BCUT2D eigenvalue weighted by atomic mass is 10.00. The molecular formula is C11H22N2. The first-order chi connectivity index (χ1) is 6.09. The summed E-state index contributed by atoms with van der Waals surface area (Å²) in [7, 11) is 0. The van der Waals surface area contributed by atoms with Crippen LogP contribution in [-0.2, 0) is 0 Å². The van der Waals surface area contributed by atoms with Gasteiger partial charge in [0.1, 0.15) is 0 Å². The molecule has 2 nitrogen and oxygen atoms in total. The molecule has 2 heteroatoms. The Bertz CT molecular complexity index is 189. The van der Waals surface area contributed by atoms with E-state index in [1.54, 1.807) is 0 Å². The third-order valence-electron chi connectivity index (χ3n) is 3.85. The van der Waals surface area contributed by atoms with Crippen molar-refractivity contribution in [2.24, 2.45) is 5.73 Å². The minimum Gasteiger partial charge on any atom is -0.328 e. The molecule has 2 rings (SSSR count). The van der Waals surface area contributed by atoms with Crippen LogP contribution in [0, 0.1) is 0 Å². The number of nitrogens with two attached hydrogens (primary N) is 1. The van der Waals surface area contributed by atoms with Gasteiger partial charge in [-0.2, -0.15) is 0 Å². The van der Waals surface area contributed by atoms with Gasteiger partial charge in [-0.05, 0) is 52.5 Å². The molecule has 0 amide bonds. The molecule has 0 aromatic carbocycles. The van der Waals surface area contributed by atoms with Crippen molar-refractivity contribution in [2.45, 2.75) is 63.6 Å². The van der Waals surface area contributed by atoms with E-state index in [0.29, 0.717) is 11.6 Å². The van der Waals surface area contributed by atoms with Crippen LogP contribution < -0.4 is 5.73 Å². The van der Waals surface area contributed by atoms with E-state index in [2.05, 4.69) is 18.7 Å². The summed E-state index contributed by atoms with van der Waals surface area (Å²) in [6.07, 6.45) is 6.52. The Hall–Kier alpha value is -0.0800. The molecule has 0 bridgehead atoms. The smallest absolute Gasteiger partial charge is 0.0156 e. The van der Waals surface area contributed by atoms with E-state index in [-0.39, 0.29) is 0 Å². The van der Waals surface area contributed by atoms with Crippen molar-refractivity contribution >= 4 is 0 Å². The summed E-state index contributed by atoms with van der Waals surface area (Å²) in [5, 5.41) is 0. The average Bonchev–Trinajstić information content (AvgIpc) is 2.56. The van der Waals surface area contributed by atoms with Crippen LogP contribution in [0.25, 0.3) is 0 Å². The van der Waals surface area contributed by atoms with Gasteiger partial charge >= 0.3 is 0 Å². The second-order valence-electron chi connectivity index (χ2n) is 5.34. The molecule has 0 aromatic heterocycles. The van der Waals surface area contributed by atoms with Gasteiger partial charge in [-0.3, -0.25) is 4.90 Å². The Morgan fingerprint density at radius 1 is 1.31 bits per heavy atom. The van der Waals surface area contributed by atoms with E-state index in [4.69, 9.17) is 5.73 Å². The van der Waals surface area contributed by atoms with Crippen molar-refractivity contribution in [3.05, 3.63) is 0 Å². The zero-order chi connectivity index (χ0) is 9.47. The van der Waals surface area contributed by atoms with Crippen molar-refractivity contribution in [2.75, 3.05) is 6.54 Å². The molecule has 1 aliphatic heterocycles. The maximum Gasteiger partial charge on any atom is 0.0156 e. The minimum atomic E-state index is 0.439. The van der Waals surface area contributed by atoms with Crippen LogP contribution in [0.3, 0.4) is 0 Å². The fraction of sp³-hybridized carbons (Fsp3) is 1.00. The zero-order valence-corrected chi connectivity index (χ0v) is 8.92. The van der Waals surface area contributed by atoms with E-state index in [1.807, 2.05) is 0 Å². The highest BCUT2D eigenvalue weighted by Gasteiger charge is 2.38. The van der Waals surface area contributed by atoms with Gasteiger partial charge in [0.05, 0.1) is 0 Å². The van der Waals surface area contributed by atoms with Gasteiger partial charge in [0.2, 0.25) is 0 Å². The van der Waals surface area contributed by atoms with E-state index in [9.17, 15) is 0 Å². The van der Waals surface area contributed by atoms with Crippen LogP contribution in [0.5, 0.6) is 0 Å². The normalized spacial score (nSPS) is 39.9. The Balaban J connectivity index is 2.00. The molecule has 13 heavy (non-hydrogen) atoms. The monoisotopic (exact) mass is 182 g/mol. The number of hydrogen-bond acceptors (Lipinski definition) is 2. The predicted molar refractivity (Wildman–Crippen MR) is 55.6 cm³/mol. The molecule has 2 atom stereocenters. The molecule has 0 radical (unpaired) electrons. The lowest BCUT2D eigenvalue weighted by Gasteiger charge is -2.36. The highest BCUT2D eigenvalue weighted by Crippen LogP contribution is 2.35.